The van der Waals surface area contributed by atoms with Gasteiger partial charge in [-0.15, -0.1) is 0 Å². The van der Waals surface area contributed by atoms with E-state index in [-0.39, 0.29) is 28.7 Å². The first-order valence-corrected chi connectivity index (χ1v) is 13.7. The standard InChI is InChI=1S/C26H24Cl2F3N5OS/c1-35-13-19(23(34-35)26(29,30)31)17-8-14(12-36-6-7-38-25(36)32)9-18(10-17)24(37)33-22(15-2-3-15)16-4-5-20(27)21(28)11-16/h4-5,8-11,13,15,22,32H,2-3,6-7,12H2,1H3,(H,33,37). The minimum atomic E-state index is -4.66. The van der Waals surface area contributed by atoms with Gasteiger partial charge in [-0.1, -0.05) is 41.0 Å². The lowest BCUT2D eigenvalue weighted by molar-refractivity contribution is -0.140. The molecule has 3 aromatic rings. The number of aryl methyl sites for hydroxylation is 1. The summed E-state index contributed by atoms with van der Waals surface area (Å²) < 4.78 is 42.5. The predicted octanol–water partition coefficient (Wildman–Crippen LogP) is 6.78. The monoisotopic (exact) mass is 581 g/mol. The number of nitrogens with one attached hydrogen (secondary N) is 2. The first-order chi connectivity index (χ1) is 18.0. The number of nitrogens with zero attached hydrogens (tertiary/aromatic N) is 3. The van der Waals surface area contributed by atoms with Crippen LogP contribution in [0.4, 0.5) is 13.2 Å². The second-order valence-corrected chi connectivity index (χ2v) is 11.4. The van der Waals surface area contributed by atoms with E-state index in [0.717, 1.165) is 28.8 Å². The van der Waals surface area contributed by atoms with Crippen molar-refractivity contribution in [1.29, 1.82) is 5.41 Å². The van der Waals surface area contributed by atoms with Crippen molar-refractivity contribution in [2.45, 2.75) is 31.6 Å². The van der Waals surface area contributed by atoms with Gasteiger partial charge in [0.2, 0.25) is 0 Å². The molecule has 1 atom stereocenters. The lowest BCUT2D eigenvalue weighted by Crippen LogP contribution is -2.30. The number of hydrogen-bond donors (Lipinski definition) is 2. The highest BCUT2D eigenvalue weighted by molar-refractivity contribution is 8.14. The maximum Gasteiger partial charge on any atom is 0.435 e. The summed E-state index contributed by atoms with van der Waals surface area (Å²) in [5.74, 6) is 0.592. The number of hydrogen-bond acceptors (Lipinski definition) is 4. The number of amidine groups is 1. The predicted molar refractivity (Wildman–Crippen MR) is 144 cm³/mol. The molecule has 5 rings (SSSR count). The molecule has 1 aromatic heterocycles. The molecule has 0 bridgehead atoms. The summed E-state index contributed by atoms with van der Waals surface area (Å²) in [5.41, 5.74) is 0.808. The zero-order chi connectivity index (χ0) is 27.2. The number of carbonyl (C=O) groups excluding carboxylic acids is 1. The SMILES string of the molecule is Cn1cc(-c2cc(CN3CCSC3=N)cc(C(=O)NC(c3ccc(Cl)c(Cl)c3)C3CC3)c2)c(C(F)(F)F)n1. The van der Waals surface area contributed by atoms with Gasteiger partial charge in [-0.25, -0.2) is 0 Å². The van der Waals surface area contributed by atoms with E-state index < -0.39 is 17.8 Å². The lowest BCUT2D eigenvalue weighted by Gasteiger charge is -2.21. The maximum absolute atomic E-state index is 13.8. The number of benzene rings is 2. The number of thioether (sulfide) groups is 1. The molecule has 1 aliphatic carbocycles. The van der Waals surface area contributed by atoms with Gasteiger partial charge in [0, 0.05) is 43.2 Å². The molecule has 1 saturated heterocycles. The van der Waals surface area contributed by atoms with Crippen LogP contribution < -0.4 is 5.32 Å². The van der Waals surface area contributed by atoms with Gasteiger partial charge >= 0.3 is 6.18 Å². The van der Waals surface area contributed by atoms with E-state index in [2.05, 4.69) is 10.4 Å². The molecule has 1 amide bonds. The number of carbonyl (C=O) groups is 1. The third kappa shape index (κ3) is 5.82. The Morgan fingerprint density at radius 1 is 1.21 bits per heavy atom. The van der Waals surface area contributed by atoms with Crippen molar-refractivity contribution < 1.29 is 18.0 Å². The number of rotatable bonds is 7. The van der Waals surface area contributed by atoms with E-state index in [9.17, 15) is 18.0 Å². The minimum absolute atomic E-state index is 0.106. The molecule has 2 N–H and O–H groups in total. The van der Waals surface area contributed by atoms with Gasteiger partial charge in [-0.05, 0) is 65.8 Å². The van der Waals surface area contributed by atoms with E-state index in [1.165, 1.54) is 31.1 Å². The average molecular weight is 582 g/mol. The normalized spacial score (nSPS) is 16.7. The summed E-state index contributed by atoms with van der Waals surface area (Å²) in [7, 11) is 1.43. The van der Waals surface area contributed by atoms with E-state index in [0.29, 0.717) is 33.9 Å². The van der Waals surface area contributed by atoms with Crippen LogP contribution in [0.3, 0.4) is 0 Å². The Balaban J connectivity index is 1.52. The second-order valence-electron chi connectivity index (χ2n) is 9.52. The first-order valence-electron chi connectivity index (χ1n) is 12.0. The average Bonchev–Trinajstić information content (AvgIpc) is 3.50. The smallest absolute Gasteiger partial charge is 0.347 e. The van der Waals surface area contributed by atoms with Crippen LogP contribution in [0.25, 0.3) is 11.1 Å². The summed E-state index contributed by atoms with van der Waals surface area (Å²) in [6, 6.07) is 9.71. The van der Waals surface area contributed by atoms with E-state index >= 15 is 0 Å². The molecule has 0 radical (unpaired) electrons. The second kappa shape index (κ2) is 10.5. The molecule has 1 saturated carbocycles. The van der Waals surface area contributed by atoms with Crippen LogP contribution in [0.15, 0.2) is 42.6 Å². The van der Waals surface area contributed by atoms with Gasteiger partial charge in [0.05, 0.1) is 16.1 Å². The Morgan fingerprint density at radius 2 is 1.97 bits per heavy atom. The molecule has 2 aromatic carbocycles. The summed E-state index contributed by atoms with van der Waals surface area (Å²) in [5, 5.41) is 16.0. The minimum Gasteiger partial charge on any atom is -0.347 e. The molecule has 200 valence electrons. The van der Waals surface area contributed by atoms with Crippen LogP contribution in [0.1, 0.15) is 46.1 Å². The van der Waals surface area contributed by atoms with Gasteiger partial charge in [0.15, 0.2) is 10.9 Å². The quantitative estimate of drug-likeness (QED) is 0.322. The lowest BCUT2D eigenvalue weighted by atomic mass is 9.98. The Morgan fingerprint density at radius 3 is 2.61 bits per heavy atom. The van der Waals surface area contributed by atoms with E-state index in [4.69, 9.17) is 28.6 Å². The highest BCUT2D eigenvalue weighted by Gasteiger charge is 2.38. The summed E-state index contributed by atoms with van der Waals surface area (Å²) in [6.45, 7) is 0.956. The van der Waals surface area contributed by atoms with Crippen LogP contribution in [-0.4, -0.2) is 38.1 Å². The van der Waals surface area contributed by atoms with Gasteiger partial charge in [0.1, 0.15) is 0 Å². The zero-order valence-electron chi connectivity index (χ0n) is 20.3. The third-order valence-electron chi connectivity index (χ3n) is 6.61. The fraction of sp³-hybridized carbons (Fsp3) is 0.346. The summed E-state index contributed by atoms with van der Waals surface area (Å²) in [6.07, 6.45) is -1.47. The number of amides is 1. The number of aromatic nitrogens is 2. The Hall–Kier alpha value is -2.69. The highest BCUT2D eigenvalue weighted by atomic mass is 35.5. The van der Waals surface area contributed by atoms with Crippen molar-refractivity contribution >= 4 is 46.0 Å². The highest BCUT2D eigenvalue weighted by Crippen LogP contribution is 2.42. The summed E-state index contributed by atoms with van der Waals surface area (Å²) in [4.78, 5) is 15.4. The van der Waals surface area contributed by atoms with Gasteiger partial charge in [-0.2, -0.15) is 18.3 Å². The molecular formula is C26H24Cl2F3N5OS. The molecule has 2 aliphatic rings. The van der Waals surface area contributed by atoms with Crippen molar-refractivity contribution in [2.75, 3.05) is 12.3 Å². The van der Waals surface area contributed by atoms with Gasteiger partial charge in [-0.3, -0.25) is 14.9 Å². The van der Waals surface area contributed by atoms with Crippen LogP contribution in [-0.2, 0) is 19.8 Å². The molecular weight excluding hydrogens is 558 g/mol. The molecule has 1 aliphatic heterocycles. The van der Waals surface area contributed by atoms with Gasteiger partial charge in [0.25, 0.3) is 5.91 Å². The van der Waals surface area contributed by atoms with E-state index in [1.54, 1.807) is 24.3 Å². The van der Waals surface area contributed by atoms with Crippen LogP contribution in [0, 0.1) is 11.3 Å². The zero-order valence-corrected chi connectivity index (χ0v) is 22.6. The summed E-state index contributed by atoms with van der Waals surface area (Å²) >= 11 is 13.7. The van der Waals surface area contributed by atoms with Gasteiger partial charge < -0.3 is 10.2 Å². The van der Waals surface area contributed by atoms with Crippen molar-refractivity contribution in [3.05, 3.63) is 75.0 Å². The molecule has 6 nitrogen and oxygen atoms in total. The van der Waals surface area contributed by atoms with Crippen molar-refractivity contribution in [3.8, 4) is 11.1 Å². The Kier molecular flexibility index (Phi) is 7.41. The van der Waals surface area contributed by atoms with Crippen LogP contribution in [0.5, 0.6) is 0 Å². The number of halogens is 5. The Labute approximate surface area is 232 Å². The molecule has 38 heavy (non-hydrogen) atoms. The Bertz CT molecular complexity index is 1410. The molecule has 12 heteroatoms. The number of alkyl halides is 3. The molecule has 2 fully saturated rings. The van der Waals surface area contributed by atoms with E-state index in [1.807, 2.05) is 11.0 Å². The molecule has 0 spiro atoms. The van der Waals surface area contributed by atoms with Crippen molar-refractivity contribution in [1.82, 2.24) is 20.0 Å². The fourth-order valence-corrected chi connectivity index (χ4v) is 5.78. The first kappa shape index (κ1) is 26.9. The topological polar surface area (TPSA) is 74.0 Å². The van der Waals surface area contributed by atoms with Crippen LogP contribution >= 0.6 is 35.0 Å². The molecule has 2 heterocycles. The maximum atomic E-state index is 13.8. The van der Waals surface area contributed by atoms with Crippen molar-refractivity contribution in [2.24, 2.45) is 13.0 Å². The third-order valence-corrected chi connectivity index (χ3v) is 8.26. The fourth-order valence-electron chi connectivity index (χ4n) is 4.63. The molecule has 1 unspecified atom stereocenters. The largest absolute Gasteiger partial charge is 0.435 e. The van der Waals surface area contributed by atoms with Crippen LogP contribution in [0.2, 0.25) is 10.0 Å². The van der Waals surface area contributed by atoms with Crippen molar-refractivity contribution in [3.63, 3.8) is 0 Å².